The van der Waals surface area contributed by atoms with Crippen LogP contribution in [0, 0.1) is 0 Å². The Bertz CT molecular complexity index is 539. The average molecular weight is 250 g/mol. The molecule has 0 aliphatic heterocycles. The van der Waals surface area contributed by atoms with Crippen molar-refractivity contribution >= 4 is 28.5 Å². The molecular formula is C12H12ClN3O. The van der Waals surface area contributed by atoms with Gasteiger partial charge in [-0.1, -0.05) is 6.07 Å². The molecule has 1 aromatic carbocycles. The Labute approximate surface area is 104 Å². The highest BCUT2D eigenvalue weighted by Gasteiger charge is 2.13. The Hall–Kier alpha value is -1.68. The number of alkyl halides is 1. The van der Waals surface area contributed by atoms with Gasteiger partial charge >= 0.3 is 0 Å². The summed E-state index contributed by atoms with van der Waals surface area (Å²) >= 11 is 5.66. The number of hydrogen-bond donors (Lipinski definition) is 1. The van der Waals surface area contributed by atoms with E-state index in [0.29, 0.717) is 22.5 Å². The van der Waals surface area contributed by atoms with Crippen LogP contribution in [-0.2, 0) is 0 Å². The highest BCUT2D eigenvalue weighted by atomic mass is 35.5. The average Bonchev–Trinajstić information content (AvgIpc) is 2.37. The molecule has 1 N–H and O–H groups in total. The quantitative estimate of drug-likeness (QED) is 0.847. The van der Waals surface area contributed by atoms with E-state index >= 15 is 0 Å². The third kappa shape index (κ3) is 2.53. The molecule has 1 heterocycles. The lowest BCUT2D eigenvalue weighted by atomic mass is 10.1. The van der Waals surface area contributed by atoms with E-state index < -0.39 is 0 Å². The molecule has 5 heteroatoms. The van der Waals surface area contributed by atoms with Crippen molar-refractivity contribution in [2.75, 3.05) is 5.88 Å². The van der Waals surface area contributed by atoms with Crippen LogP contribution < -0.4 is 5.32 Å². The Kier molecular flexibility index (Phi) is 3.54. The third-order valence-electron chi connectivity index (χ3n) is 2.35. The fourth-order valence-corrected chi connectivity index (χ4v) is 1.59. The molecule has 4 nitrogen and oxygen atoms in total. The maximum atomic E-state index is 12.0. The van der Waals surface area contributed by atoms with Gasteiger partial charge in [-0.25, -0.2) is 0 Å². The zero-order chi connectivity index (χ0) is 12.3. The molecule has 0 aliphatic carbocycles. The zero-order valence-corrected chi connectivity index (χ0v) is 10.1. The standard InChI is InChI=1S/C12H12ClN3O/c1-8(7-13)16-12(17)9-3-2-4-10-11(9)15-6-5-14-10/h2-6,8H,7H2,1H3,(H,16,17). The topological polar surface area (TPSA) is 54.9 Å². The Morgan fingerprint density at radius 2 is 2.18 bits per heavy atom. The summed E-state index contributed by atoms with van der Waals surface area (Å²) in [6, 6.07) is 5.27. The van der Waals surface area contributed by atoms with Gasteiger partial charge in [0.25, 0.3) is 5.91 Å². The molecule has 1 aromatic heterocycles. The number of benzene rings is 1. The van der Waals surface area contributed by atoms with Gasteiger partial charge < -0.3 is 5.32 Å². The number of hydrogen-bond acceptors (Lipinski definition) is 3. The van der Waals surface area contributed by atoms with Crippen LogP contribution in [-0.4, -0.2) is 27.8 Å². The molecule has 0 saturated carbocycles. The van der Waals surface area contributed by atoms with Crippen molar-refractivity contribution in [2.24, 2.45) is 0 Å². The second-order valence-electron chi connectivity index (χ2n) is 3.76. The maximum Gasteiger partial charge on any atom is 0.253 e. The van der Waals surface area contributed by atoms with Gasteiger partial charge in [0.15, 0.2) is 0 Å². The van der Waals surface area contributed by atoms with E-state index in [1.54, 1.807) is 24.5 Å². The van der Waals surface area contributed by atoms with Gasteiger partial charge in [0.1, 0.15) is 5.52 Å². The summed E-state index contributed by atoms with van der Waals surface area (Å²) < 4.78 is 0. The maximum absolute atomic E-state index is 12.0. The summed E-state index contributed by atoms with van der Waals surface area (Å²) in [6.07, 6.45) is 3.18. The molecule has 1 amide bonds. The lowest BCUT2D eigenvalue weighted by Gasteiger charge is -2.11. The first kappa shape index (κ1) is 11.8. The zero-order valence-electron chi connectivity index (χ0n) is 9.35. The number of amides is 1. The predicted molar refractivity (Wildman–Crippen MR) is 67.2 cm³/mol. The van der Waals surface area contributed by atoms with Gasteiger partial charge in [-0.15, -0.1) is 11.6 Å². The molecule has 0 saturated heterocycles. The fraction of sp³-hybridized carbons (Fsp3) is 0.250. The predicted octanol–water partition coefficient (Wildman–Crippen LogP) is 1.99. The molecule has 2 rings (SSSR count). The number of carbonyl (C=O) groups is 1. The number of carbonyl (C=O) groups excluding carboxylic acids is 1. The molecule has 0 aliphatic rings. The van der Waals surface area contributed by atoms with E-state index in [0.717, 1.165) is 0 Å². The molecule has 88 valence electrons. The summed E-state index contributed by atoms with van der Waals surface area (Å²) in [7, 11) is 0. The van der Waals surface area contributed by atoms with Gasteiger partial charge in [-0.2, -0.15) is 0 Å². The highest BCUT2D eigenvalue weighted by molar-refractivity contribution is 6.18. The Morgan fingerprint density at radius 3 is 2.94 bits per heavy atom. The van der Waals surface area contributed by atoms with E-state index in [4.69, 9.17) is 11.6 Å². The van der Waals surface area contributed by atoms with Gasteiger partial charge in [-0.05, 0) is 19.1 Å². The van der Waals surface area contributed by atoms with Crippen molar-refractivity contribution in [2.45, 2.75) is 13.0 Å². The third-order valence-corrected chi connectivity index (χ3v) is 2.82. The molecule has 17 heavy (non-hydrogen) atoms. The Balaban J connectivity index is 2.38. The van der Waals surface area contributed by atoms with Crippen molar-refractivity contribution in [1.82, 2.24) is 15.3 Å². The Morgan fingerprint density at radius 1 is 1.41 bits per heavy atom. The molecule has 1 atom stereocenters. The summed E-state index contributed by atoms with van der Waals surface area (Å²) in [4.78, 5) is 20.3. The van der Waals surface area contributed by atoms with Crippen LogP contribution in [0.25, 0.3) is 11.0 Å². The van der Waals surface area contributed by atoms with E-state index in [9.17, 15) is 4.79 Å². The molecular weight excluding hydrogens is 238 g/mol. The second-order valence-corrected chi connectivity index (χ2v) is 4.07. The number of halogens is 1. The normalized spacial score (nSPS) is 12.4. The second kappa shape index (κ2) is 5.10. The van der Waals surface area contributed by atoms with Crippen molar-refractivity contribution in [3.05, 3.63) is 36.2 Å². The van der Waals surface area contributed by atoms with Gasteiger partial charge in [0.2, 0.25) is 0 Å². The molecule has 2 aromatic rings. The fourth-order valence-electron chi connectivity index (χ4n) is 1.52. The number of nitrogens with one attached hydrogen (secondary N) is 1. The van der Waals surface area contributed by atoms with Crippen LogP contribution in [0.3, 0.4) is 0 Å². The highest BCUT2D eigenvalue weighted by Crippen LogP contribution is 2.13. The smallest absolute Gasteiger partial charge is 0.253 e. The summed E-state index contributed by atoms with van der Waals surface area (Å²) in [5.74, 6) is 0.201. The van der Waals surface area contributed by atoms with Crippen molar-refractivity contribution in [1.29, 1.82) is 0 Å². The van der Waals surface area contributed by atoms with Crippen LogP contribution in [0.5, 0.6) is 0 Å². The van der Waals surface area contributed by atoms with Crippen molar-refractivity contribution in [3.63, 3.8) is 0 Å². The van der Waals surface area contributed by atoms with E-state index in [1.165, 1.54) is 0 Å². The number of rotatable bonds is 3. The summed E-state index contributed by atoms with van der Waals surface area (Å²) in [5.41, 5.74) is 1.83. The minimum absolute atomic E-state index is 0.0731. The molecule has 0 spiro atoms. The van der Waals surface area contributed by atoms with Gasteiger partial charge in [0, 0.05) is 24.3 Å². The van der Waals surface area contributed by atoms with Crippen molar-refractivity contribution < 1.29 is 4.79 Å². The largest absolute Gasteiger partial charge is 0.348 e. The summed E-state index contributed by atoms with van der Waals surface area (Å²) in [5, 5.41) is 2.80. The lowest BCUT2D eigenvalue weighted by molar-refractivity contribution is 0.0945. The molecule has 1 unspecified atom stereocenters. The number of fused-ring (bicyclic) bond motifs is 1. The molecule has 0 bridgehead atoms. The minimum atomic E-state index is -0.177. The van der Waals surface area contributed by atoms with Gasteiger partial charge in [-0.3, -0.25) is 14.8 Å². The minimum Gasteiger partial charge on any atom is -0.348 e. The van der Waals surface area contributed by atoms with Crippen LogP contribution >= 0.6 is 11.6 Å². The summed E-state index contributed by atoms with van der Waals surface area (Å²) in [6.45, 7) is 1.85. The molecule has 0 fully saturated rings. The number of nitrogens with zero attached hydrogens (tertiary/aromatic N) is 2. The van der Waals surface area contributed by atoms with E-state index in [2.05, 4.69) is 15.3 Å². The van der Waals surface area contributed by atoms with Crippen LogP contribution in [0.1, 0.15) is 17.3 Å². The SMILES string of the molecule is CC(CCl)NC(=O)c1cccc2nccnc12. The van der Waals surface area contributed by atoms with E-state index in [1.807, 2.05) is 13.0 Å². The molecule has 0 radical (unpaired) electrons. The van der Waals surface area contributed by atoms with Crippen LogP contribution in [0.4, 0.5) is 0 Å². The number of para-hydroxylation sites is 1. The van der Waals surface area contributed by atoms with Crippen LogP contribution in [0.15, 0.2) is 30.6 Å². The first-order valence-corrected chi connectivity index (χ1v) is 5.82. The first-order valence-electron chi connectivity index (χ1n) is 5.29. The number of aromatic nitrogens is 2. The monoisotopic (exact) mass is 249 g/mol. The first-order chi connectivity index (χ1) is 8.22. The van der Waals surface area contributed by atoms with Crippen LogP contribution in [0.2, 0.25) is 0 Å². The van der Waals surface area contributed by atoms with Gasteiger partial charge in [0.05, 0.1) is 11.1 Å². The lowest BCUT2D eigenvalue weighted by Crippen LogP contribution is -2.33. The van der Waals surface area contributed by atoms with Crippen molar-refractivity contribution in [3.8, 4) is 0 Å². The van der Waals surface area contributed by atoms with E-state index in [-0.39, 0.29) is 11.9 Å².